The lowest BCUT2D eigenvalue weighted by atomic mass is 9.87. The minimum Gasteiger partial charge on any atom is -0.379 e. The Morgan fingerprint density at radius 1 is 1.45 bits per heavy atom. The topological polar surface area (TPSA) is 85.4 Å². The number of aryl methyl sites for hydroxylation is 1. The van der Waals surface area contributed by atoms with E-state index in [2.05, 4.69) is 10.3 Å². The van der Waals surface area contributed by atoms with E-state index in [-0.39, 0.29) is 24.9 Å². The van der Waals surface area contributed by atoms with Crippen LogP contribution >= 0.6 is 11.3 Å². The Balaban J connectivity index is 1.84. The van der Waals surface area contributed by atoms with E-state index >= 15 is 0 Å². The summed E-state index contributed by atoms with van der Waals surface area (Å²) < 4.78 is 29.1. The number of carbonyl (C=O) groups excluding carboxylic acids is 1. The van der Waals surface area contributed by atoms with E-state index < -0.39 is 15.3 Å². The monoisotopic (exact) mass is 340 g/mol. The van der Waals surface area contributed by atoms with Gasteiger partial charge < -0.3 is 10.1 Å². The molecule has 1 aromatic carbocycles. The lowest BCUT2D eigenvalue weighted by Crippen LogP contribution is -2.55. The van der Waals surface area contributed by atoms with E-state index in [9.17, 15) is 13.2 Å². The highest BCUT2D eigenvalue weighted by atomic mass is 32.2. The number of nitrogens with one attached hydrogen (secondary N) is 1. The summed E-state index contributed by atoms with van der Waals surface area (Å²) in [4.78, 5) is 16.9. The number of thiazole rings is 1. The number of para-hydroxylation sites is 1. The number of ether oxygens (including phenoxy) is 1. The minimum absolute atomic E-state index is 0.121. The number of carbonyl (C=O) groups is 1. The van der Waals surface area contributed by atoms with Crippen LogP contribution in [-0.4, -0.2) is 44.5 Å². The third kappa shape index (κ3) is 2.86. The molecule has 22 heavy (non-hydrogen) atoms. The molecule has 1 aliphatic rings. The summed E-state index contributed by atoms with van der Waals surface area (Å²) in [6, 6.07) is 5.83. The molecule has 0 unspecified atom stereocenters. The van der Waals surface area contributed by atoms with Crippen LogP contribution in [0.3, 0.4) is 0 Å². The van der Waals surface area contributed by atoms with Gasteiger partial charge in [0.1, 0.15) is 15.3 Å². The number of nitrogens with zero attached hydrogens (tertiary/aromatic N) is 1. The molecule has 2 aromatic rings. The predicted octanol–water partition coefficient (Wildman–Crippen LogP) is 1.60. The normalized spacial score (nSPS) is 17.2. The van der Waals surface area contributed by atoms with E-state index in [1.165, 1.54) is 11.3 Å². The number of benzene rings is 1. The molecule has 0 bridgehead atoms. The quantitative estimate of drug-likeness (QED) is 0.914. The number of hydrogen-bond donors (Lipinski definition) is 1. The molecule has 118 valence electrons. The second-order valence-electron chi connectivity index (χ2n) is 5.74. The molecule has 1 aromatic heterocycles. The summed E-state index contributed by atoms with van der Waals surface area (Å²) in [6.45, 7) is 2.20. The number of fused-ring (bicyclic) bond motifs is 1. The number of amides is 1. The van der Waals surface area contributed by atoms with E-state index in [0.717, 1.165) is 22.0 Å². The first kappa shape index (κ1) is 15.4. The summed E-state index contributed by atoms with van der Waals surface area (Å²) in [5, 5.41) is 3.23. The van der Waals surface area contributed by atoms with Crippen LogP contribution in [-0.2, 0) is 19.4 Å². The average molecular weight is 340 g/mol. The maximum absolute atomic E-state index is 12.5. The number of anilines is 1. The molecule has 6 nitrogen and oxygen atoms in total. The molecule has 0 aliphatic carbocycles. The van der Waals surface area contributed by atoms with Gasteiger partial charge >= 0.3 is 0 Å². The van der Waals surface area contributed by atoms with Crippen molar-refractivity contribution in [1.29, 1.82) is 0 Å². The Morgan fingerprint density at radius 2 is 2.18 bits per heavy atom. The number of hydrogen-bond acceptors (Lipinski definition) is 6. The van der Waals surface area contributed by atoms with Crippen molar-refractivity contribution in [1.82, 2.24) is 4.98 Å². The molecule has 1 fully saturated rings. The average Bonchev–Trinajstić information content (AvgIpc) is 2.76. The van der Waals surface area contributed by atoms with Crippen LogP contribution in [0.15, 0.2) is 18.2 Å². The van der Waals surface area contributed by atoms with Crippen molar-refractivity contribution in [3.8, 4) is 0 Å². The molecule has 2 heterocycles. The third-order valence-electron chi connectivity index (χ3n) is 3.62. The Hall–Kier alpha value is -1.51. The molecule has 8 heteroatoms. The first-order valence-electron chi connectivity index (χ1n) is 6.72. The van der Waals surface area contributed by atoms with Crippen LogP contribution in [0.5, 0.6) is 0 Å². The summed E-state index contributed by atoms with van der Waals surface area (Å²) in [5.41, 5.74) is 0.886. The fraction of sp³-hybridized carbons (Fsp3) is 0.429. The van der Waals surface area contributed by atoms with Gasteiger partial charge in [-0.3, -0.25) is 4.79 Å². The van der Waals surface area contributed by atoms with E-state index in [4.69, 9.17) is 4.74 Å². The molecule has 1 N–H and O–H groups in total. The van der Waals surface area contributed by atoms with Crippen molar-refractivity contribution in [3.63, 3.8) is 0 Å². The first-order valence-corrected chi connectivity index (χ1v) is 9.60. The van der Waals surface area contributed by atoms with Crippen molar-refractivity contribution in [2.45, 2.75) is 6.92 Å². The van der Waals surface area contributed by atoms with Gasteiger partial charge in [-0.05, 0) is 18.6 Å². The van der Waals surface area contributed by atoms with Crippen LogP contribution in [0.4, 0.5) is 5.13 Å². The SMILES string of the molecule is Cc1cccc2sc(NC(=O)C3(CS(C)(=O)=O)COC3)nc12. The van der Waals surface area contributed by atoms with E-state index in [1.54, 1.807) is 0 Å². The van der Waals surface area contributed by atoms with Gasteiger partial charge in [0, 0.05) is 6.26 Å². The van der Waals surface area contributed by atoms with Crippen LogP contribution in [0.2, 0.25) is 0 Å². The largest absolute Gasteiger partial charge is 0.379 e. The molecule has 1 aliphatic heterocycles. The standard InChI is InChI=1S/C14H16N2O4S2/c1-9-4-3-5-10-11(9)15-13(21-10)16-12(17)14(6-20-7-14)8-22(2,18)19/h3-5H,6-8H2,1-2H3,(H,15,16,17). The fourth-order valence-electron chi connectivity index (χ4n) is 2.50. The van der Waals surface area contributed by atoms with Gasteiger partial charge in [0.05, 0.1) is 29.2 Å². The third-order valence-corrected chi connectivity index (χ3v) is 5.63. The predicted molar refractivity (Wildman–Crippen MR) is 85.9 cm³/mol. The van der Waals surface area contributed by atoms with Gasteiger partial charge in [-0.25, -0.2) is 13.4 Å². The first-order chi connectivity index (χ1) is 10.3. The number of aromatic nitrogens is 1. The smallest absolute Gasteiger partial charge is 0.238 e. The van der Waals surface area contributed by atoms with Crippen LogP contribution < -0.4 is 5.32 Å². The van der Waals surface area contributed by atoms with E-state index in [0.29, 0.717) is 5.13 Å². The van der Waals surface area contributed by atoms with Crippen molar-refractivity contribution < 1.29 is 17.9 Å². The number of sulfone groups is 1. The zero-order valence-electron chi connectivity index (χ0n) is 12.3. The maximum atomic E-state index is 12.5. The summed E-state index contributed by atoms with van der Waals surface area (Å²) in [7, 11) is -3.27. The summed E-state index contributed by atoms with van der Waals surface area (Å²) >= 11 is 1.38. The summed E-state index contributed by atoms with van der Waals surface area (Å²) in [6.07, 6.45) is 1.13. The van der Waals surface area contributed by atoms with Gasteiger partial charge in [0.2, 0.25) is 5.91 Å². The zero-order valence-corrected chi connectivity index (χ0v) is 13.9. The Labute approximate surface area is 132 Å². The van der Waals surface area contributed by atoms with Crippen LogP contribution in [0.1, 0.15) is 5.56 Å². The van der Waals surface area contributed by atoms with E-state index in [1.807, 2.05) is 25.1 Å². The molecule has 0 atom stereocenters. The molecule has 1 amide bonds. The van der Waals surface area contributed by atoms with Crippen molar-refractivity contribution in [2.24, 2.45) is 5.41 Å². The molecular weight excluding hydrogens is 324 g/mol. The zero-order chi connectivity index (χ0) is 16.0. The minimum atomic E-state index is -3.27. The van der Waals surface area contributed by atoms with Gasteiger partial charge in [-0.15, -0.1) is 0 Å². The Bertz CT molecular complexity index is 838. The van der Waals surface area contributed by atoms with Crippen LogP contribution in [0, 0.1) is 12.3 Å². The molecule has 0 radical (unpaired) electrons. The molecular formula is C14H16N2O4S2. The van der Waals surface area contributed by atoms with Gasteiger partial charge in [0.25, 0.3) is 0 Å². The van der Waals surface area contributed by atoms with Crippen molar-refractivity contribution in [2.75, 3.05) is 30.5 Å². The highest BCUT2D eigenvalue weighted by Crippen LogP contribution is 2.33. The summed E-state index contributed by atoms with van der Waals surface area (Å²) in [5.74, 6) is -0.559. The van der Waals surface area contributed by atoms with Gasteiger partial charge in [-0.2, -0.15) is 0 Å². The Kier molecular flexibility index (Phi) is 3.70. The van der Waals surface area contributed by atoms with Crippen molar-refractivity contribution >= 4 is 42.4 Å². The Morgan fingerprint density at radius 3 is 2.73 bits per heavy atom. The van der Waals surface area contributed by atoms with Gasteiger partial charge in [0.15, 0.2) is 5.13 Å². The molecule has 0 spiro atoms. The highest BCUT2D eigenvalue weighted by Gasteiger charge is 2.48. The second kappa shape index (κ2) is 5.29. The van der Waals surface area contributed by atoms with Crippen LogP contribution in [0.25, 0.3) is 10.2 Å². The molecule has 1 saturated heterocycles. The van der Waals surface area contributed by atoms with Gasteiger partial charge in [-0.1, -0.05) is 23.5 Å². The lowest BCUT2D eigenvalue weighted by Gasteiger charge is -2.38. The fourth-order valence-corrected chi connectivity index (χ4v) is 4.74. The highest BCUT2D eigenvalue weighted by molar-refractivity contribution is 7.90. The second-order valence-corrected chi connectivity index (χ2v) is 8.91. The van der Waals surface area contributed by atoms with Crippen molar-refractivity contribution in [3.05, 3.63) is 23.8 Å². The lowest BCUT2D eigenvalue weighted by molar-refractivity contribution is -0.151. The molecule has 3 rings (SSSR count). The molecule has 0 saturated carbocycles. The number of rotatable bonds is 4. The maximum Gasteiger partial charge on any atom is 0.238 e.